The average molecular weight is 461 g/mol. The molecule has 33 heavy (non-hydrogen) atoms. The molecule has 4 aromatic rings. The summed E-state index contributed by atoms with van der Waals surface area (Å²) in [4.78, 5) is 19.9. The van der Waals surface area contributed by atoms with Gasteiger partial charge in [0.2, 0.25) is 0 Å². The fourth-order valence-electron chi connectivity index (χ4n) is 3.98. The van der Waals surface area contributed by atoms with Gasteiger partial charge in [-0.05, 0) is 61.1 Å². The van der Waals surface area contributed by atoms with Crippen molar-refractivity contribution in [2.45, 2.75) is 19.0 Å². The molecule has 2 aromatic heterocycles. The summed E-state index contributed by atoms with van der Waals surface area (Å²) < 4.78 is 12.0. The zero-order valence-electron chi connectivity index (χ0n) is 18.5. The summed E-state index contributed by atoms with van der Waals surface area (Å²) in [7, 11) is 3.57. The van der Waals surface area contributed by atoms with E-state index in [1.165, 1.54) is 0 Å². The summed E-state index contributed by atoms with van der Waals surface area (Å²) in [6, 6.07) is 19.3. The fourth-order valence-corrected chi connectivity index (χ4v) is 5.03. The molecular formula is C25H24N4O3S. The molecule has 1 atom stereocenters. The van der Waals surface area contributed by atoms with E-state index in [4.69, 9.17) is 14.3 Å². The van der Waals surface area contributed by atoms with Gasteiger partial charge in [-0.3, -0.25) is 9.69 Å². The third kappa shape index (κ3) is 4.53. The Hall–Kier alpha value is -3.49. The molecule has 1 aliphatic heterocycles. The average Bonchev–Trinajstić information content (AvgIpc) is 3.57. The van der Waals surface area contributed by atoms with Crippen LogP contribution in [0, 0.1) is 0 Å². The fraction of sp³-hybridized carbons (Fsp3) is 0.240. The van der Waals surface area contributed by atoms with E-state index in [0.717, 1.165) is 38.0 Å². The summed E-state index contributed by atoms with van der Waals surface area (Å²) in [5.41, 5.74) is 2.80. The van der Waals surface area contributed by atoms with Crippen molar-refractivity contribution in [2.24, 2.45) is 5.10 Å². The Labute approximate surface area is 195 Å². The molecule has 2 aromatic carbocycles. The number of methoxy groups -OCH3 is 1. The van der Waals surface area contributed by atoms with Crippen molar-refractivity contribution in [3.8, 4) is 5.75 Å². The van der Waals surface area contributed by atoms with Crippen LogP contribution in [-0.4, -0.2) is 47.2 Å². The van der Waals surface area contributed by atoms with Gasteiger partial charge in [-0.25, -0.2) is 9.99 Å². The number of nitrogens with zero attached hydrogens (tertiary/aromatic N) is 4. The second-order valence-electron chi connectivity index (χ2n) is 8.00. The number of thiazole rings is 1. The normalized spacial score (nSPS) is 15.9. The number of fused-ring (bicyclic) bond motifs is 1. The number of hydrazone groups is 1. The minimum atomic E-state index is -0.263. The van der Waals surface area contributed by atoms with Gasteiger partial charge in [0, 0.05) is 6.42 Å². The molecule has 168 valence electrons. The number of carbonyl (C=O) groups is 1. The van der Waals surface area contributed by atoms with Gasteiger partial charge in [0.05, 0.1) is 42.4 Å². The first kappa shape index (κ1) is 21.4. The molecule has 0 saturated heterocycles. The van der Waals surface area contributed by atoms with E-state index in [0.29, 0.717) is 13.0 Å². The first-order valence-corrected chi connectivity index (χ1v) is 11.5. The van der Waals surface area contributed by atoms with Gasteiger partial charge in [-0.2, -0.15) is 5.10 Å². The maximum Gasteiger partial charge on any atom is 0.257 e. The third-order valence-electron chi connectivity index (χ3n) is 5.61. The highest BCUT2D eigenvalue weighted by molar-refractivity contribution is 7.18. The highest BCUT2D eigenvalue weighted by atomic mass is 32.1. The van der Waals surface area contributed by atoms with Crippen LogP contribution in [0.5, 0.6) is 5.75 Å². The molecule has 0 N–H and O–H groups in total. The second-order valence-corrected chi connectivity index (χ2v) is 9.11. The smallest absolute Gasteiger partial charge is 0.257 e. The Morgan fingerprint density at radius 2 is 2.00 bits per heavy atom. The lowest BCUT2D eigenvalue weighted by Crippen LogP contribution is -2.36. The molecule has 0 aliphatic carbocycles. The van der Waals surface area contributed by atoms with Crippen LogP contribution in [0.2, 0.25) is 0 Å². The molecular weight excluding hydrogens is 436 g/mol. The molecule has 1 aliphatic rings. The van der Waals surface area contributed by atoms with E-state index >= 15 is 0 Å². The maximum atomic E-state index is 13.3. The van der Waals surface area contributed by atoms with Gasteiger partial charge in [-0.1, -0.05) is 12.1 Å². The first-order chi connectivity index (χ1) is 16.1. The molecule has 0 bridgehead atoms. The molecule has 0 radical (unpaired) electrons. The molecule has 1 amide bonds. The number of ether oxygens (including phenoxy) is 1. The SMILES string of the molecule is COc1ccc(C2=NN(C(=O)CN(C)Cc3nc4ccccc4s3)[C@@H](c3ccco3)C2)cc1. The number of para-hydroxylation sites is 1. The molecule has 5 rings (SSSR count). The number of amides is 1. The lowest BCUT2D eigenvalue weighted by atomic mass is 10.0. The summed E-state index contributed by atoms with van der Waals surface area (Å²) in [5.74, 6) is 1.43. The molecule has 0 saturated carbocycles. The largest absolute Gasteiger partial charge is 0.497 e. The number of hydrogen-bond donors (Lipinski definition) is 0. The molecule has 8 heteroatoms. The van der Waals surface area contributed by atoms with E-state index in [-0.39, 0.29) is 18.5 Å². The predicted octanol–water partition coefficient (Wildman–Crippen LogP) is 4.71. The minimum absolute atomic E-state index is 0.0801. The molecule has 0 spiro atoms. The van der Waals surface area contributed by atoms with Gasteiger partial charge in [0.15, 0.2) is 0 Å². The van der Waals surface area contributed by atoms with E-state index < -0.39 is 0 Å². The highest BCUT2D eigenvalue weighted by Gasteiger charge is 2.35. The Kier molecular flexibility index (Phi) is 5.93. The summed E-state index contributed by atoms with van der Waals surface area (Å²) in [5, 5.41) is 7.25. The Balaban J connectivity index is 1.33. The quantitative estimate of drug-likeness (QED) is 0.400. The molecule has 0 unspecified atom stereocenters. The standard InChI is InChI=1S/C25H24N4O3S/c1-28(15-24-26-19-6-3-4-8-23(19)33-24)16-25(30)29-21(22-7-5-13-32-22)14-20(27-29)17-9-11-18(31-2)12-10-17/h3-13,21H,14-16H2,1-2H3/t21-/m1/s1. The summed E-state index contributed by atoms with van der Waals surface area (Å²) in [6.07, 6.45) is 2.22. The van der Waals surface area contributed by atoms with Crippen molar-refractivity contribution >= 4 is 33.2 Å². The maximum absolute atomic E-state index is 13.3. The summed E-state index contributed by atoms with van der Waals surface area (Å²) >= 11 is 1.65. The van der Waals surface area contributed by atoms with Crippen molar-refractivity contribution in [3.05, 3.63) is 83.3 Å². The van der Waals surface area contributed by atoms with Crippen LogP contribution in [0.1, 0.15) is 28.8 Å². The number of carbonyl (C=O) groups excluding carboxylic acids is 1. The van der Waals surface area contributed by atoms with Crippen LogP contribution in [0.15, 0.2) is 76.4 Å². The monoisotopic (exact) mass is 460 g/mol. The molecule has 3 heterocycles. The van der Waals surface area contributed by atoms with Crippen LogP contribution in [-0.2, 0) is 11.3 Å². The topological polar surface area (TPSA) is 71.2 Å². The van der Waals surface area contributed by atoms with Gasteiger partial charge < -0.3 is 9.15 Å². The van der Waals surface area contributed by atoms with Crippen LogP contribution in [0.3, 0.4) is 0 Å². The number of aromatic nitrogens is 1. The van der Waals surface area contributed by atoms with Crippen molar-refractivity contribution in [1.29, 1.82) is 0 Å². The zero-order chi connectivity index (χ0) is 22.8. The number of rotatable bonds is 7. The number of likely N-dealkylation sites (N-methyl/N-ethyl adjacent to an activating group) is 1. The van der Waals surface area contributed by atoms with E-state index in [2.05, 4.69) is 11.1 Å². The Morgan fingerprint density at radius 1 is 1.18 bits per heavy atom. The number of hydrogen-bond acceptors (Lipinski definition) is 7. The van der Waals surface area contributed by atoms with E-state index in [1.807, 2.05) is 66.5 Å². The van der Waals surface area contributed by atoms with Crippen molar-refractivity contribution < 1.29 is 13.9 Å². The molecule has 7 nitrogen and oxygen atoms in total. The van der Waals surface area contributed by atoms with Crippen molar-refractivity contribution in [1.82, 2.24) is 14.9 Å². The van der Waals surface area contributed by atoms with Crippen LogP contribution in [0.25, 0.3) is 10.2 Å². The number of furan rings is 1. The number of benzene rings is 2. The third-order valence-corrected chi connectivity index (χ3v) is 6.63. The molecule has 0 fully saturated rings. The van der Waals surface area contributed by atoms with Gasteiger partial charge in [0.1, 0.15) is 22.6 Å². The Morgan fingerprint density at radius 3 is 2.73 bits per heavy atom. The van der Waals surface area contributed by atoms with Crippen molar-refractivity contribution in [2.75, 3.05) is 20.7 Å². The van der Waals surface area contributed by atoms with Crippen LogP contribution >= 0.6 is 11.3 Å². The lowest BCUT2D eigenvalue weighted by molar-refractivity contribution is -0.134. The van der Waals surface area contributed by atoms with E-state index in [9.17, 15) is 4.79 Å². The van der Waals surface area contributed by atoms with Crippen molar-refractivity contribution in [3.63, 3.8) is 0 Å². The Bertz CT molecular complexity index is 1250. The van der Waals surface area contributed by atoms with Gasteiger partial charge in [0.25, 0.3) is 5.91 Å². The van der Waals surface area contributed by atoms with Crippen LogP contribution in [0.4, 0.5) is 0 Å². The second kappa shape index (κ2) is 9.17. The summed E-state index contributed by atoms with van der Waals surface area (Å²) in [6.45, 7) is 0.825. The minimum Gasteiger partial charge on any atom is -0.497 e. The lowest BCUT2D eigenvalue weighted by Gasteiger charge is -2.22. The highest BCUT2D eigenvalue weighted by Crippen LogP contribution is 2.33. The zero-order valence-corrected chi connectivity index (χ0v) is 19.3. The van der Waals surface area contributed by atoms with Gasteiger partial charge in [-0.15, -0.1) is 11.3 Å². The first-order valence-electron chi connectivity index (χ1n) is 10.7. The van der Waals surface area contributed by atoms with E-state index in [1.54, 1.807) is 29.7 Å². The van der Waals surface area contributed by atoms with Gasteiger partial charge >= 0.3 is 0 Å². The van der Waals surface area contributed by atoms with Crippen LogP contribution < -0.4 is 4.74 Å². The predicted molar refractivity (Wildman–Crippen MR) is 128 cm³/mol.